The van der Waals surface area contributed by atoms with Gasteiger partial charge in [0.15, 0.2) is 0 Å². The number of nitrogens with one attached hydrogen (secondary N) is 1. The molecule has 0 aromatic heterocycles. The molecule has 106 valence electrons. The van der Waals surface area contributed by atoms with Crippen LogP contribution in [0.1, 0.15) is 31.7 Å². The van der Waals surface area contributed by atoms with Crippen LogP contribution in [0.5, 0.6) is 5.75 Å². The molecule has 1 aliphatic rings. The number of aryl methyl sites for hydroxylation is 1. The van der Waals surface area contributed by atoms with Crippen LogP contribution in [-0.2, 0) is 0 Å². The summed E-state index contributed by atoms with van der Waals surface area (Å²) in [7, 11) is 0. The van der Waals surface area contributed by atoms with Crippen molar-refractivity contribution in [2.75, 3.05) is 13.2 Å². The van der Waals surface area contributed by atoms with E-state index in [2.05, 4.69) is 5.32 Å². The maximum Gasteiger partial charge on any atom is 0.129 e. The number of hydrogen-bond acceptors (Lipinski definition) is 3. The van der Waals surface area contributed by atoms with E-state index < -0.39 is 0 Å². The van der Waals surface area contributed by atoms with Crippen molar-refractivity contribution in [1.29, 1.82) is 0 Å². The van der Waals surface area contributed by atoms with E-state index in [1.807, 2.05) is 6.92 Å². The van der Waals surface area contributed by atoms with Crippen molar-refractivity contribution in [2.24, 2.45) is 0 Å². The summed E-state index contributed by atoms with van der Waals surface area (Å²) in [5, 5.41) is 12.9. The molecule has 1 aliphatic carbocycles. The summed E-state index contributed by atoms with van der Waals surface area (Å²) in [5.41, 5.74) is 0.388. The molecule has 2 atom stereocenters. The normalized spacial score (nSPS) is 26.6. The molecule has 2 unspecified atom stereocenters. The zero-order valence-corrected chi connectivity index (χ0v) is 11.6. The minimum absolute atomic E-state index is 0.0355. The first-order valence-electron chi connectivity index (χ1n) is 6.87. The van der Waals surface area contributed by atoms with Gasteiger partial charge in [0.05, 0.1) is 6.61 Å². The second-order valence-corrected chi connectivity index (χ2v) is 5.36. The topological polar surface area (TPSA) is 41.5 Å². The predicted octanol–water partition coefficient (Wildman–Crippen LogP) is 2.41. The molecule has 19 heavy (non-hydrogen) atoms. The number of benzene rings is 1. The zero-order valence-electron chi connectivity index (χ0n) is 11.6. The Labute approximate surface area is 113 Å². The Balaban J connectivity index is 1.99. The van der Waals surface area contributed by atoms with Gasteiger partial charge in [-0.3, -0.25) is 0 Å². The summed E-state index contributed by atoms with van der Waals surface area (Å²) in [6.07, 6.45) is 2.56. The van der Waals surface area contributed by atoms with Gasteiger partial charge in [-0.2, -0.15) is 0 Å². The Bertz CT molecular complexity index is 438. The van der Waals surface area contributed by atoms with Crippen molar-refractivity contribution in [2.45, 2.75) is 44.8 Å². The average Bonchev–Trinajstić information content (AvgIpc) is 2.78. The molecule has 1 aromatic rings. The molecule has 3 nitrogen and oxygen atoms in total. The van der Waals surface area contributed by atoms with Gasteiger partial charge in [-0.1, -0.05) is 13.0 Å². The molecular weight excluding hydrogens is 245 g/mol. The maximum atomic E-state index is 13.5. The third-order valence-corrected chi connectivity index (χ3v) is 3.86. The Kier molecular flexibility index (Phi) is 4.42. The van der Waals surface area contributed by atoms with Crippen LogP contribution in [0, 0.1) is 12.7 Å². The Morgan fingerprint density at radius 1 is 1.53 bits per heavy atom. The van der Waals surface area contributed by atoms with Gasteiger partial charge < -0.3 is 15.2 Å². The molecule has 0 amide bonds. The highest BCUT2D eigenvalue weighted by atomic mass is 19.1. The Morgan fingerprint density at radius 2 is 2.32 bits per heavy atom. The first kappa shape index (κ1) is 14.3. The van der Waals surface area contributed by atoms with Crippen LogP contribution in [0.2, 0.25) is 0 Å². The SMILES string of the molecule is CCNC1(CO)CCC(Oc2ccc(C)c(F)c2)C1. The fourth-order valence-electron chi connectivity index (χ4n) is 2.75. The average molecular weight is 267 g/mol. The summed E-state index contributed by atoms with van der Waals surface area (Å²) in [6.45, 7) is 4.70. The highest BCUT2D eigenvalue weighted by molar-refractivity contribution is 5.28. The second kappa shape index (κ2) is 5.88. The van der Waals surface area contributed by atoms with Crippen molar-refractivity contribution in [3.05, 3.63) is 29.6 Å². The minimum Gasteiger partial charge on any atom is -0.490 e. The standard InChI is InChI=1S/C15H22FNO2/c1-3-17-15(10-18)7-6-13(9-15)19-12-5-4-11(2)14(16)8-12/h4-5,8,13,17-18H,3,6-7,9-10H2,1-2H3. The van der Waals surface area contributed by atoms with Gasteiger partial charge in [-0.15, -0.1) is 0 Å². The zero-order chi connectivity index (χ0) is 13.9. The van der Waals surface area contributed by atoms with E-state index in [0.29, 0.717) is 11.3 Å². The van der Waals surface area contributed by atoms with Gasteiger partial charge in [0.25, 0.3) is 0 Å². The van der Waals surface area contributed by atoms with Crippen LogP contribution in [0.3, 0.4) is 0 Å². The fraction of sp³-hybridized carbons (Fsp3) is 0.600. The molecule has 0 spiro atoms. The van der Waals surface area contributed by atoms with Crippen molar-refractivity contribution >= 4 is 0 Å². The lowest BCUT2D eigenvalue weighted by atomic mass is 9.99. The van der Waals surface area contributed by atoms with Gasteiger partial charge in [-0.25, -0.2) is 4.39 Å². The second-order valence-electron chi connectivity index (χ2n) is 5.36. The lowest BCUT2D eigenvalue weighted by Crippen LogP contribution is -2.46. The van der Waals surface area contributed by atoms with E-state index >= 15 is 0 Å². The van der Waals surface area contributed by atoms with Gasteiger partial charge in [0.2, 0.25) is 0 Å². The van der Waals surface area contributed by atoms with E-state index in [-0.39, 0.29) is 24.1 Å². The van der Waals surface area contributed by atoms with Crippen LogP contribution < -0.4 is 10.1 Å². The molecule has 2 rings (SSSR count). The number of aliphatic hydroxyl groups excluding tert-OH is 1. The predicted molar refractivity (Wildman–Crippen MR) is 72.9 cm³/mol. The van der Waals surface area contributed by atoms with Crippen molar-refractivity contribution in [3.63, 3.8) is 0 Å². The van der Waals surface area contributed by atoms with E-state index in [4.69, 9.17) is 4.74 Å². The Hall–Kier alpha value is -1.13. The van der Waals surface area contributed by atoms with E-state index in [0.717, 1.165) is 25.8 Å². The van der Waals surface area contributed by atoms with Crippen LogP contribution >= 0.6 is 0 Å². The maximum absolute atomic E-state index is 13.5. The molecule has 1 aromatic carbocycles. The summed E-state index contributed by atoms with van der Waals surface area (Å²) >= 11 is 0. The number of rotatable bonds is 5. The Morgan fingerprint density at radius 3 is 2.95 bits per heavy atom. The van der Waals surface area contributed by atoms with Crippen molar-refractivity contribution in [1.82, 2.24) is 5.32 Å². The molecule has 0 heterocycles. The first-order valence-corrected chi connectivity index (χ1v) is 6.87. The van der Waals surface area contributed by atoms with Crippen LogP contribution in [-0.4, -0.2) is 29.9 Å². The molecule has 1 saturated carbocycles. The summed E-state index contributed by atoms with van der Waals surface area (Å²) in [4.78, 5) is 0. The number of aliphatic hydroxyl groups is 1. The molecule has 1 fully saturated rings. The third kappa shape index (κ3) is 3.25. The molecule has 4 heteroatoms. The largest absolute Gasteiger partial charge is 0.490 e. The molecule has 0 radical (unpaired) electrons. The quantitative estimate of drug-likeness (QED) is 0.861. The van der Waals surface area contributed by atoms with Gasteiger partial charge >= 0.3 is 0 Å². The summed E-state index contributed by atoms with van der Waals surface area (Å²) in [5.74, 6) is 0.328. The number of halogens is 1. The highest BCUT2D eigenvalue weighted by Crippen LogP contribution is 2.32. The van der Waals surface area contributed by atoms with Gasteiger partial charge in [0, 0.05) is 18.0 Å². The highest BCUT2D eigenvalue weighted by Gasteiger charge is 2.39. The molecule has 0 saturated heterocycles. The van der Waals surface area contributed by atoms with Crippen molar-refractivity contribution < 1.29 is 14.2 Å². The number of ether oxygens (including phenoxy) is 1. The monoisotopic (exact) mass is 267 g/mol. The lowest BCUT2D eigenvalue weighted by Gasteiger charge is -2.27. The van der Waals surface area contributed by atoms with Crippen molar-refractivity contribution in [3.8, 4) is 5.75 Å². The van der Waals surface area contributed by atoms with E-state index in [1.54, 1.807) is 19.1 Å². The van der Waals surface area contributed by atoms with Crippen LogP contribution in [0.4, 0.5) is 4.39 Å². The van der Waals surface area contributed by atoms with Crippen LogP contribution in [0.15, 0.2) is 18.2 Å². The molecular formula is C15H22FNO2. The molecule has 2 N–H and O–H groups in total. The molecule has 0 aliphatic heterocycles. The number of likely N-dealkylation sites (N-methyl/N-ethyl adjacent to an activating group) is 1. The lowest BCUT2D eigenvalue weighted by molar-refractivity contribution is 0.142. The first-order chi connectivity index (χ1) is 9.08. The van der Waals surface area contributed by atoms with E-state index in [1.165, 1.54) is 6.07 Å². The minimum atomic E-state index is -0.240. The third-order valence-electron chi connectivity index (χ3n) is 3.86. The number of hydrogen-bond donors (Lipinski definition) is 2. The summed E-state index contributed by atoms with van der Waals surface area (Å²) in [6, 6.07) is 4.95. The van der Waals surface area contributed by atoms with E-state index in [9.17, 15) is 9.50 Å². The van der Waals surface area contributed by atoms with Gasteiger partial charge in [-0.05, 0) is 37.9 Å². The fourth-order valence-corrected chi connectivity index (χ4v) is 2.75. The summed E-state index contributed by atoms with van der Waals surface area (Å²) < 4.78 is 19.3. The smallest absolute Gasteiger partial charge is 0.129 e. The molecule has 0 bridgehead atoms. The van der Waals surface area contributed by atoms with Gasteiger partial charge in [0.1, 0.15) is 17.7 Å². The van der Waals surface area contributed by atoms with Crippen LogP contribution in [0.25, 0.3) is 0 Å².